The third-order valence-electron chi connectivity index (χ3n) is 6.67. The van der Waals surface area contributed by atoms with Gasteiger partial charge in [-0.25, -0.2) is 8.42 Å². The van der Waals surface area contributed by atoms with E-state index in [-0.39, 0.29) is 39.8 Å². The van der Waals surface area contributed by atoms with Crippen molar-refractivity contribution in [3.8, 4) is 5.75 Å². The minimum absolute atomic E-state index is 0.0133. The van der Waals surface area contributed by atoms with E-state index in [1.54, 1.807) is 48.5 Å². The van der Waals surface area contributed by atoms with Gasteiger partial charge in [0, 0.05) is 22.6 Å². The van der Waals surface area contributed by atoms with E-state index in [1.165, 1.54) is 36.3 Å². The molecule has 3 aromatic carbocycles. The molecular formula is C30H35Cl2N3O5S. The summed E-state index contributed by atoms with van der Waals surface area (Å²) < 4.78 is 34.4. The molecule has 0 aliphatic heterocycles. The number of hydrogen-bond acceptors (Lipinski definition) is 5. The highest BCUT2D eigenvalue weighted by Crippen LogP contribution is 2.35. The van der Waals surface area contributed by atoms with E-state index in [1.807, 2.05) is 20.8 Å². The monoisotopic (exact) mass is 619 g/mol. The number of ether oxygens (including phenoxy) is 1. The van der Waals surface area contributed by atoms with Gasteiger partial charge in [-0.2, -0.15) is 0 Å². The van der Waals surface area contributed by atoms with Crippen LogP contribution in [0.15, 0.2) is 77.7 Å². The molecule has 3 rings (SSSR count). The number of carbonyl (C=O) groups is 2. The van der Waals surface area contributed by atoms with E-state index >= 15 is 0 Å². The Bertz CT molecular complexity index is 1440. The van der Waals surface area contributed by atoms with Gasteiger partial charge in [0.25, 0.3) is 10.0 Å². The van der Waals surface area contributed by atoms with Gasteiger partial charge in [-0.3, -0.25) is 13.9 Å². The lowest BCUT2D eigenvalue weighted by Crippen LogP contribution is -2.53. The maximum absolute atomic E-state index is 14.2. The summed E-state index contributed by atoms with van der Waals surface area (Å²) in [5, 5.41) is 3.75. The molecule has 0 spiro atoms. The van der Waals surface area contributed by atoms with Gasteiger partial charge in [-0.15, -0.1) is 0 Å². The van der Waals surface area contributed by atoms with Crippen molar-refractivity contribution in [3.05, 3.63) is 88.4 Å². The fraction of sp³-hybridized carbons (Fsp3) is 0.333. The van der Waals surface area contributed by atoms with Gasteiger partial charge in [0.1, 0.15) is 18.3 Å². The molecule has 11 heteroatoms. The van der Waals surface area contributed by atoms with Crippen LogP contribution in [0.4, 0.5) is 5.69 Å². The zero-order valence-electron chi connectivity index (χ0n) is 23.5. The van der Waals surface area contributed by atoms with Gasteiger partial charge in [-0.05, 0) is 67.8 Å². The SMILES string of the molecule is CC[C@@H](C)NC(=O)[C@@H](CC)N(Cc1ccc(Cl)cc1)C(=O)CN(c1cc(Cl)ccc1OC)S(=O)(=O)c1ccccc1. The number of nitrogens with one attached hydrogen (secondary N) is 1. The van der Waals surface area contributed by atoms with Crippen molar-refractivity contribution in [2.45, 2.75) is 57.1 Å². The van der Waals surface area contributed by atoms with Crippen LogP contribution in [0.25, 0.3) is 0 Å². The molecule has 0 aromatic heterocycles. The molecule has 0 aliphatic rings. The predicted octanol–water partition coefficient (Wildman–Crippen LogP) is 5.92. The lowest BCUT2D eigenvalue weighted by Gasteiger charge is -2.34. The standard InChI is InChI=1S/C30H35Cl2N3O5S/c1-5-21(3)33-30(37)26(6-2)34(19-22-12-14-23(31)15-13-22)29(36)20-35(27-18-24(32)16-17-28(27)40-4)41(38,39)25-10-8-7-9-11-25/h7-18,21,26H,5-6,19-20H2,1-4H3,(H,33,37)/t21-,26-/m1/s1. The summed E-state index contributed by atoms with van der Waals surface area (Å²) in [6, 6.07) is 18.3. The molecule has 1 N–H and O–H groups in total. The Hall–Kier alpha value is -3.27. The summed E-state index contributed by atoms with van der Waals surface area (Å²) in [4.78, 5) is 28.9. The second-order valence-corrected chi connectivity index (χ2v) is 12.3. The van der Waals surface area contributed by atoms with Gasteiger partial charge < -0.3 is 15.0 Å². The maximum Gasteiger partial charge on any atom is 0.264 e. The normalized spacial score (nSPS) is 12.7. The van der Waals surface area contributed by atoms with Crippen LogP contribution in [-0.2, 0) is 26.2 Å². The lowest BCUT2D eigenvalue weighted by atomic mass is 10.1. The molecule has 0 unspecified atom stereocenters. The molecule has 0 saturated heterocycles. The molecule has 220 valence electrons. The molecule has 0 saturated carbocycles. The number of hydrogen-bond donors (Lipinski definition) is 1. The molecule has 0 radical (unpaired) electrons. The zero-order valence-corrected chi connectivity index (χ0v) is 25.8. The van der Waals surface area contributed by atoms with Gasteiger partial charge >= 0.3 is 0 Å². The number of sulfonamides is 1. The number of methoxy groups -OCH3 is 1. The number of carbonyl (C=O) groups excluding carboxylic acids is 2. The van der Waals surface area contributed by atoms with Crippen LogP contribution in [0.3, 0.4) is 0 Å². The Kier molecular flexibility index (Phi) is 11.5. The Morgan fingerprint density at radius 2 is 1.56 bits per heavy atom. The molecule has 2 amide bonds. The number of halogens is 2. The summed E-state index contributed by atoms with van der Waals surface area (Å²) >= 11 is 12.3. The average Bonchev–Trinajstić information content (AvgIpc) is 2.96. The highest BCUT2D eigenvalue weighted by Gasteiger charge is 2.35. The molecule has 0 fully saturated rings. The van der Waals surface area contributed by atoms with Crippen molar-refractivity contribution in [1.82, 2.24) is 10.2 Å². The van der Waals surface area contributed by atoms with Crippen molar-refractivity contribution >= 4 is 50.7 Å². The fourth-order valence-corrected chi connectivity index (χ4v) is 5.97. The summed E-state index contributed by atoms with van der Waals surface area (Å²) in [5.41, 5.74) is 0.830. The minimum atomic E-state index is -4.26. The van der Waals surface area contributed by atoms with E-state index in [0.717, 1.165) is 9.87 Å². The lowest BCUT2D eigenvalue weighted by molar-refractivity contribution is -0.140. The van der Waals surface area contributed by atoms with E-state index in [9.17, 15) is 18.0 Å². The number of rotatable bonds is 13. The summed E-state index contributed by atoms with van der Waals surface area (Å²) in [7, 11) is -2.85. The molecular weight excluding hydrogens is 585 g/mol. The molecule has 41 heavy (non-hydrogen) atoms. The summed E-state index contributed by atoms with van der Waals surface area (Å²) in [6.07, 6.45) is 1.03. The highest BCUT2D eigenvalue weighted by molar-refractivity contribution is 7.92. The van der Waals surface area contributed by atoms with Crippen molar-refractivity contribution in [3.63, 3.8) is 0 Å². The summed E-state index contributed by atoms with van der Waals surface area (Å²) in [5.74, 6) is -0.679. The highest BCUT2D eigenvalue weighted by atomic mass is 35.5. The van der Waals surface area contributed by atoms with Crippen molar-refractivity contribution in [2.24, 2.45) is 0 Å². The van der Waals surface area contributed by atoms with Crippen molar-refractivity contribution in [2.75, 3.05) is 18.0 Å². The summed E-state index contributed by atoms with van der Waals surface area (Å²) in [6.45, 7) is 5.10. The number of benzene rings is 3. The van der Waals surface area contributed by atoms with Gasteiger partial charge in [0.05, 0.1) is 17.7 Å². The van der Waals surface area contributed by atoms with E-state index in [0.29, 0.717) is 17.9 Å². The first-order valence-corrected chi connectivity index (χ1v) is 15.5. The average molecular weight is 621 g/mol. The van der Waals surface area contributed by atoms with Crippen LogP contribution >= 0.6 is 23.2 Å². The van der Waals surface area contributed by atoms with E-state index in [4.69, 9.17) is 27.9 Å². The first kappa shape index (κ1) is 32.2. The van der Waals surface area contributed by atoms with Gasteiger partial charge in [-0.1, -0.05) is 67.4 Å². The van der Waals surface area contributed by atoms with Crippen LogP contribution in [0.1, 0.15) is 39.2 Å². The quantitative estimate of drug-likeness (QED) is 0.256. The first-order valence-electron chi connectivity index (χ1n) is 13.3. The Morgan fingerprint density at radius 3 is 2.15 bits per heavy atom. The number of amides is 2. The molecule has 0 bridgehead atoms. The Balaban J connectivity index is 2.11. The molecule has 3 aromatic rings. The van der Waals surface area contributed by atoms with Crippen molar-refractivity contribution < 1.29 is 22.7 Å². The predicted molar refractivity (Wildman–Crippen MR) is 163 cm³/mol. The van der Waals surface area contributed by atoms with Crippen LogP contribution in [-0.4, -0.2) is 50.9 Å². The molecule has 2 atom stereocenters. The van der Waals surface area contributed by atoms with Crippen LogP contribution < -0.4 is 14.4 Å². The topological polar surface area (TPSA) is 96.0 Å². The van der Waals surface area contributed by atoms with Crippen LogP contribution in [0, 0.1) is 0 Å². The first-order chi connectivity index (χ1) is 19.5. The Labute approximate surface area is 252 Å². The second kappa shape index (κ2) is 14.6. The van der Waals surface area contributed by atoms with E-state index in [2.05, 4.69) is 5.32 Å². The molecule has 0 aliphatic carbocycles. The third-order valence-corrected chi connectivity index (χ3v) is 8.93. The number of nitrogens with zero attached hydrogens (tertiary/aromatic N) is 2. The largest absolute Gasteiger partial charge is 0.495 e. The van der Waals surface area contributed by atoms with E-state index < -0.39 is 28.5 Å². The molecule has 0 heterocycles. The van der Waals surface area contributed by atoms with Gasteiger partial charge in [0.2, 0.25) is 11.8 Å². The third kappa shape index (κ3) is 8.15. The van der Waals surface area contributed by atoms with Gasteiger partial charge in [0.15, 0.2) is 0 Å². The zero-order chi connectivity index (χ0) is 30.2. The van der Waals surface area contributed by atoms with Crippen molar-refractivity contribution in [1.29, 1.82) is 0 Å². The van der Waals surface area contributed by atoms with Crippen LogP contribution in [0.2, 0.25) is 10.0 Å². The Morgan fingerprint density at radius 1 is 0.927 bits per heavy atom. The smallest absolute Gasteiger partial charge is 0.264 e. The number of anilines is 1. The second-order valence-electron chi connectivity index (χ2n) is 9.53. The van der Waals surface area contributed by atoms with Crippen LogP contribution in [0.5, 0.6) is 5.75 Å². The minimum Gasteiger partial charge on any atom is -0.495 e. The maximum atomic E-state index is 14.2. The fourth-order valence-electron chi connectivity index (χ4n) is 4.24. The molecule has 8 nitrogen and oxygen atoms in total.